The monoisotopic (exact) mass is 428 g/mol. The zero-order valence-corrected chi connectivity index (χ0v) is 16.7. The Balaban J connectivity index is 1.84. The molecule has 0 saturated heterocycles. The maximum Gasteiger partial charge on any atom is 0.341 e. The van der Waals surface area contributed by atoms with Gasteiger partial charge in [0.25, 0.3) is 5.69 Å². The van der Waals surface area contributed by atoms with Crippen molar-refractivity contribution < 1.29 is 23.6 Å². The van der Waals surface area contributed by atoms with E-state index in [2.05, 4.69) is 5.32 Å². The van der Waals surface area contributed by atoms with Crippen molar-refractivity contribution in [1.29, 1.82) is 0 Å². The van der Waals surface area contributed by atoms with Gasteiger partial charge in [0.2, 0.25) is 5.91 Å². The predicted molar refractivity (Wildman–Crippen MR) is 111 cm³/mol. The van der Waals surface area contributed by atoms with E-state index < -0.39 is 16.7 Å². The first-order valence-electron chi connectivity index (χ1n) is 8.96. The quantitative estimate of drug-likeness (QED) is 0.330. The minimum Gasteiger partial charge on any atom is -0.462 e. The SMILES string of the molecule is CCOC(=O)c1c(-c2ccc(F)cc2)csc1NC(=O)Cc1ccc([N+](=O)[O-])cc1. The number of anilines is 1. The summed E-state index contributed by atoms with van der Waals surface area (Å²) in [5.41, 5.74) is 1.87. The van der Waals surface area contributed by atoms with Crippen molar-refractivity contribution >= 4 is 33.9 Å². The number of esters is 1. The number of ether oxygens (including phenoxy) is 1. The van der Waals surface area contributed by atoms with Gasteiger partial charge in [-0.1, -0.05) is 24.3 Å². The second-order valence-corrected chi connectivity index (χ2v) is 7.11. The average Bonchev–Trinajstić information content (AvgIpc) is 3.12. The van der Waals surface area contributed by atoms with Gasteiger partial charge in [-0.25, -0.2) is 9.18 Å². The van der Waals surface area contributed by atoms with Crippen molar-refractivity contribution in [1.82, 2.24) is 0 Å². The standard InChI is InChI=1S/C21H17FN2O5S/c1-2-29-21(26)19-17(14-5-7-15(22)8-6-14)12-30-20(19)23-18(25)11-13-3-9-16(10-4-13)24(27)28/h3-10,12H,2,11H2,1H3,(H,23,25). The number of amides is 1. The summed E-state index contributed by atoms with van der Waals surface area (Å²) in [5, 5.41) is 15.5. The molecule has 0 radical (unpaired) electrons. The molecule has 7 nitrogen and oxygen atoms in total. The third-order valence-electron chi connectivity index (χ3n) is 4.19. The number of benzene rings is 2. The number of thiophene rings is 1. The van der Waals surface area contributed by atoms with Crippen LogP contribution in [0.15, 0.2) is 53.9 Å². The lowest BCUT2D eigenvalue weighted by Crippen LogP contribution is -2.16. The molecule has 154 valence electrons. The number of nitro groups is 1. The average molecular weight is 428 g/mol. The number of nitrogens with zero attached hydrogens (tertiary/aromatic N) is 1. The third kappa shape index (κ3) is 4.87. The molecule has 0 atom stereocenters. The van der Waals surface area contributed by atoms with Gasteiger partial charge in [-0.2, -0.15) is 0 Å². The summed E-state index contributed by atoms with van der Waals surface area (Å²) in [6, 6.07) is 11.3. The van der Waals surface area contributed by atoms with E-state index in [1.165, 1.54) is 36.4 Å². The summed E-state index contributed by atoms with van der Waals surface area (Å²) < 4.78 is 18.4. The number of nitrogens with one attached hydrogen (secondary N) is 1. The van der Waals surface area contributed by atoms with E-state index in [0.29, 0.717) is 21.7 Å². The van der Waals surface area contributed by atoms with Crippen LogP contribution in [0.5, 0.6) is 0 Å². The van der Waals surface area contributed by atoms with Crippen LogP contribution in [-0.2, 0) is 16.0 Å². The molecule has 1 amide bonds. The number of halogens is 1. The molecule has 2 aromatic carbocycles. The van der Waals surface area contributed by atoms with Crippen molar-refractivity contribution in [3.8, 4) is 11.1 Å². The molecule has 0 spiro atoms. The Morgan fingerprint density at radius 3 is 2.40 bits per heavy atom. The second kappa shape index (κ2) is 9.27. The minimum absolute atomic E-state index is 0.0238. The molecular formula is C21H17FN2O5S. The summed E-state index contributed by atoms with van der Waals surface area (Å²) in [6.45, 7) is 1.84. The number of rotatable bonds is 7. The Bertz CT molecular complexity index is 1080. The summed E-state index contributed by atoms with van der Waals surface area (Å²) >= 11 is 1.16. The van der Waals surface area contributed by atoms with Gasteiger partial charge in [0, 0.05) is 23.1 Å². The third-order valence-corrected chi connectivity index (χ3v) is 5.09. The zero-order chi connectivity index (χ0) is 21.7. The maximum atomic E-state index is 13.3. The second-order valence-electron chi connectivity index (χ2n) is 6.23. The summed E-state index contributed by atoms with van der Waals surface area (Å²) in [5.74, 6) is -1.38. The molecule has 1 heterocycles. The van der Waals surface area contributed by atoms with Gasteiger partial charge < -0.3 is 10.1 Å². The molecule has 3 rings (SSSR count). The number of hydrogen-bond donors (Lipinski definition) is 1. The van der Waals surface area contributed by atoms with Gasteiger partial charge in [0.15, 0.2) is 0 Å². The van der Waals surface area contributed by atoms with Crippen LogP contribution in [0.4, 0.5) is 15.1 Å². The highest BCUT2D eigenvalue weighted by Crippen LogP contribution is 2.36. The molecule has 3 aromatic rings. The van der Waals surface area contributed by atoms with Crippen LogP contribution in [0.25, 0.3) is 11.1 Å². The normalized spacial score (nSPS) is 10.5. The maximum absolute atomic E-state index is 13.3. The summed E-state index contributed by atoms with van der Waals surface area (Å²) in [4.78, 5) is 35.2. The van der Waals surface area contributed by atoms with Crippen LogP contribution in [0.3, 0.4) is 0 Å². The molecule has 0 bridgehead atoms. The lowest BCUT2D eigenvalue weighted by atomic mass is 10.0. The molecule has 0 aliphatic carbocycles. The topological polar surface area (TPSA) is 98.5 Å². The summed E-state index contributed by atoms with van der Waals surface area (Å²) in [7, 11) is 0. The van der Waals surface area contributed by atoms with Gasteiger partial charge in [-0.15, -0.1) is 11.3 Å². The highest BCUT2D eigenvalue weighted by atomic mass is 32.1. The van der Waals surface area contributed by atoms with Gasteiger partial charge in [-0.3, -0.25) is 14.9 Å². The van der Waals surface area contributed by atoms with Crippen LogP contribution in [-0.4, -0.2) is 23.4 Å². The molecule has 0 saturated carbocycles. The molecule has 0 fully saturated rings. The molecule has 0 aliphatic heterocycles. The predicted octanol–water partition coefficient (Wildman–Crippen LogP) is 4.82. The summed E-state index contributed by atoms with van der Waals surface area (Å²) in [6.07, 6.45) is -0.0238. The number of carbonyl (C=O) groups is 2. The fourth-order valence-electron chi connectivity index (χ4n) is 2.79. The van der Waals surface area contributed by atoms with E-state index in [0.717, 1.165) is 11.3 Å². The van der Waals surface area contributed by atoms with Crippen LogP contribution < -0.4 is 5.32 Å². The highest BCUT2D eigenvalue weighted by molar-refractivity contribution is 7.15. The fraction of sp³-hybridized carbons (Fsp3) is 0.143. The Morgan fingerprint density at radius 2 is 1.80 bits per heavy atom. The molecular weight excluding hydrogens is 411 g/mol. The van der Waals surface area contributed by atoms with E-state index >= 15 is 0 Å². The van der Waals surface area contributed by atoms with Crippen molar-refractivity contribution in [3.63, 3.8) is 0 Å². The lowest BCUT2D eigenvalue weighted by molar-refractivity contribution is -0.384. The molecule has 1 aromatic heterocycles. The Hall–Kier alpha value is -3.59. The number of non-ortho nitro benzene ring substituents is 1. The first-order chi connectivity index (χ1) is 14.4. The van der Waals surface area contributed by atoms with E-state index in [9.17, 15) is 24.1 Å². The van der Waals surface area contributed by atoms with E-state index in [4.69, 9.17) is 4.74 Å². The number of hydrogen-bond acceptors (Lipinski definition) is 6. The smallest absolute Gasteiger partial charge is 0.341 e. The minimum atomic E-state index is -0.594. The van der Waals surface area contributed by atoms with Crippen molar-refractivity contribution in [2.24, 2.45) is 0 Å². The Labute approximate surface area is 175 Å². The molecule has 9 heteroatoms. The fourth-order valence-corrected chi connectivity index (χ4v) is 3.76. The number of carbonyl (C=O) groups excluding carboxylic acids is 2. The van der Waals surface area contributed by atoms with Crippen LogP contribution in [0.2, 0.25) is 0 Å². The molecule has 0 aliphatic rings. The van der Waals surface area contributed by atoms with Crippen LogP contribution in [0.1, 0.15) is 22.8 Å². The largest absolute Gasteiger partial charge is 0.462 e. The van der Waals surface area contributed by atoms with Gasteiger partial charge in [0.1, 0.15) is 16.4 Å². The first-order valence-corrected chi connectivity index (χ1v) is 9.84. The first kappa shape index (κ1) is 21.1. The van der Waals surface area contributed by atoms with Crippen LogP contribution in [0, 0.1) is 15.9 Å². The van der Waals surface area contributed by atoms with E-state index in [1.54, 1.807) is 24.4 Å². The molecule has 30 heavy (non-hydrogen) atoms. The van der Waals surface area contributed by atoms with E-state index in [1.807, 2.05) is 0 Å². The van der Waals surface area contributed by atoms with Crippen LogP contribution >= 0.6 is 11.3 Å². The zero-order valence-electron chi connectivity index (χ0n) is 15.9. The van der Waals surface area contributed by atoms with Crippen molar-refractivity contribution in [2.75, 3.05) is 11.9 Å². The Kier molecular flexibility index (Phi) is 6.53. The van der Waals surface area contributed by atoms with Crippen molar-refractivity contribution in [2.45, 2.75) is 13.3 Å². The van der Waals surface area contributed by atoms with Gasteiger partial charge in [0.05, 0.1) is 18.0 Å². The lowest BCUT2D eigenvalue weighted by Gasteiger charge is -2.09. The molecule has 1 N–H and O–H groups in total. The Morgan fingerprint density at radius 1 is 1.13 bits per heavy atom. The highest BCUT2D eigenvalue weighted by Gasteiger charge is 2.23. The van der Waals surface area contributed by atoms with Crippen molar-refractivity contribution in [3.05, 3.63) is 81.0 Å². The van der Waals surface area contributed by atoms with Gasteiger partial charge in [-0.05, 0) is 30.2 Å². The number of nitro benzene ring substituents is 1. The van der Waals surface area contributed by atoms with Gasteiger partial charge >= 0.3 is 5.97 Å². The molecule has 0 unspecified atom stereocenters. The van der Waals surface area contributed by atoms with E-state index in [-0.39, 0.29) is 30.2 Å².